The van der Waals surface area contributed by atoms with Crippen LogP contribution in [0.2, 0.25) is 0 Å². The molecule has 47 heavy (non-hydrogen) atoms. The molecule has 4 aromatic rings. The van der Waals surface area contributed by atoms with Crippen LogP contribution in [0.5, 0.6) is 11.5 Å². The minimum absolute atomic E-state index is 0.0459. The van der Waals surface area contributed by atoms with Crippen molar-refractivity contribution in [2.24, 2.45) is 0 Å². The normalized spacial score (nSPS) is 14.7. The summed E-state index contributed by atoms with van der Waals surface area (Å²) < 4.78 is 35.8. The molecule has 12 heteroatoms. The van der Waals surface area contributed by atoms with Gasteiger partial charge in [-0.15, -0.1) is 0 Å². The summed E-state index contributed by atoms with van der Waals surface area (Å²) in [5, 5.41) is 18.1. The van der Waals surface area contributed by atoms with Crippen LogP contribution in [-0.2, 0) is 71.8 Å². The van der Waals surface area contributed by atoms with E-state index in [4.69, 9.17) is 38.8 Å². The summed E-state index contributed by atoms with van der Waals surface area (Å²) in [5.74, 6) is 0.00745. The van der Waals surface area contributed by atoms with E-state index in [1.165, 1.54) is 0 Å². The van der Waals surface area contributed by atoms with Gasteiger partial charge in [-0.2, -0.15) is 0 Å². The highest BCUT2D eigenvalue weighted by molar-refractivity contribution is 5.94. The summed E-state index contributed by atoms with van der Waals surface area (Å²) in [6.07, 6.45) is 0. The van der Waals surface area contributed by atoms with Crippen LogP contribution in [0.15, 0.2) is 72.8 Å². The maximum absolute atomic E-state index is 12.0. The van der Waals surface area contributed by atoms with Gasteiger partial charge >= 0.3 is 0 Å². The van der Waals surface area contributed by atoms with E-state index in [9.17, 15) is 9.59 Å². The van der Waals surface area contributed by atoms with Gasteiger partial charge in [0.2, 0.25) is 6.79 Å². The van der Waals surface area contributed by atoms with Crippen LogP contribution in [0.25, 0.3) is 0 Å². The Labute approximate surface area is 270 Å². The van der Waals surface area contributed by atoms with Gasteiger partial charge in [0, 0.05) is 11.1 Å². The molecule has 2 heterocycles. The van der Waals surface area contributed by atoms with E-state index in [0.29, 0.717) is 49.1 Å². The molecule has 244 valence electrons. The molecule has 0 saturated heterocycles. The van der Waals surface area contributed by atoms with Crippen LogP contribution in [0, 0.1) is 0 Å². The van der Waals surface area contributed by atoms with E-state index in [1.54, 1.807) is 35.2 Å². The molecular weight excluding hydrogens is 608 g/mol. The van der Waals surface area contributed by atoms with E-state index in [0.717, 1.165) is 44.5 Å². The lowest BCUT2D eigenvalue weighted by Crippen LogP contribution is -2.19. The maximum Gasteiger partial charge on any atom is 0.274 e. The summed E-state index contributed by atoms with van der Waals surface area (Å²) in [7, 11) is 0. The molecule has 12 nitrogen and oxygen atoms in total. The van der Waals surface area contributed by atoms with Crippen LogP contribution < -0.4 is 20.4 Å². The molecule has 0 saturated carbocycles. The molecule has 0 aromatic heterocycles. The van der Waals surface area contributed by atoms with Crippen molar-refractivity contribution in [1.82, 2.24) is 11.0 Å². The van der Waals surface area contributed by atoms with Gasteiger partial charge in [0.05, 0.1) is 52.9 Å². The molecule has 0 radical (unpaired) electrons. The Bertz CT molecular complexity index is 1540. The largest absolute Gasteiger partial charge is 0.457 e. The average molecular weight is 643 g/mol. The molecule has 2 aliphatic rings. The number of amides is 2. The number of ether oxygens (including phenoxy) is 6. The number of carbonyl (C=O) groups excluding carboxylic acids is 2. The number of rotatable bonds is 6. The van der Waals surface area contributed by atoms with Crippen LogP contribution in [0.1, 0.15) is 65.2 Å². The van der Waals surface area contributed by atoms with Crippen molar-refractivity contribution in [3.8, 4) is 11.5 Å². The summed E-state index contributed by atoms with van der Waals surface area (Å²) in [6, 6.07) is 22.0. The van der Waals surface area contributed by atoms with Crippen molar-refractivity contribution in [2.75, 3.05) is 6.79 Å². The van der Waals surface area contributed by atoms with Gasteiger partial charge in [0.25, 0.3) is 11.8 Å². The Morgan fingerprint density at radius 3 is 0.979 bits per heavy atom. The molecule has 0 spiro atoms. The zero-order valence-electron chi connectivity index (χ0n) is 25.5. The number of fused-ring (bicyclic) bond motifs is 8. The second-order valence-corrected chi connectivity index (χ2v) is 11.3. The van der Waals surface area contributed by atoms with Crippen molar-refractivity contribution in [2.45, 2.75) is 52.9 Å². The van der Waals surface area contributed by atoms with Crippen LogP contribution in [-0.4, -0.2) is 29.0 Å². The molecule has 2 amide bonds. The SMILES string of the molecule is O=C(NO)c1cc2cc(c1)COCc1cc(cc(OCOc3cc4cc(c3)COCc3cc(cc(C(=O)NO)c3)COC4)c1)COC2. The zero-order valence-corrected chi connectivity index (χ0v) is 25.5. The lowest BCUT2D eigenvalue weighted by Gasteiger charge is -2.16. The Balaban J connectivity index is 1.09. The van der Waals surface area contributed by atoms with Gasteiger partial charge in [-0.3, -0.25) is 20.0 Å². The van der Waals surface area contributed by atoms with E-state index in [1.807, 2.05) is 48.5 Å². The standard InChI is InChI=1S/C35H34N2O10/c38-34(36-40)30-5-22-1-23(6-30)14-43-18-27-3-26(17-42-13-22)9-32(10-27)46-21-47-33-11-28-4-29(12-33)20-45-16-25-2-24(15-44-19-28)7-31(8-25)35(39)37-41/h1-12,40-41H,13-21H2,(H,36,38)(H,37,39). The minimum Gasteiger partial charge on any atom is -0.457 e. The monoisotopic (exact) mass is 642 g/mol. The second kappa shape index (κ2) is 15.2. The lowest BCUT2D eigenvalue weighted by molar-refractivity contribution is 0.0700. The first-order valence-electron chi connectivity index (χ1n) is 14.9. The third kappa shape index (κ3) is 8.71. The average Bonchev–Trinajstić information content (AvgIpc) is 3.06. The summed E-state index contributed by atoms with van der Waals surface area (Å²) >= 11 is 0. The minimum atomic E-state index is -0.596. The number of carbonyl (C=O) groups is 2. The Morgan fingerprint density at radius 2 is 0.723 bits per heavy atom. The van der Waals surface area contributed by atoms with Gasteiger partial charge in [-0.1, -0.05) is 24.3 Å². The third-order valence-electron chi connectivity index (χ3n) is 7.49. The fraction of sp³-hybridized carbons (Fsp3) is 0.257. The Morgan fingerprint density at radius 1 is 0.468 bits per heavy atom. The van der Waals surface area contributed by atoms with Gasteiger partial charge in [0.1, 0.15) is 11.5 Å². The van der Waals surface area contributed by atoms with E-state index < -0.39 is 11.8 Å². The molecule has 0 unspecified atom stereocenters. The van der Waals surface area contributed by atoms with Crippen molar-refractivity contribution < 1.29 is 48.4 Å². The Hall–Kier alpha value is -4.82. The number of nitrogens with one attached hydrogen (secondary N) is 2. The highest BCUT2D eigenvalue weighted by Crippen LogP contribution is 2.25. The van der Waals surface area contributed by atoms with E-state index >= 15 is 0 Å². The number of hydrogen-bond donors (Lipinski definition) is 4. The van der Waals surface area contributed by atoms with E-state index in [2.05, 4.69) is 0 Å². The summed E-state index contributed by atoms with van der Waals surface area (Å²) in [6.45, 7) is 2.25. The molecule has 4 N–H and O–H groups in total. The molecule has 0 fully saturated rings. The lowest BCUT2D eigenvalue weighted by atomic mass is 10.1. The Kier molecular flexibility index (Phi) is 10.4. The first-order chi connectivity index (χ1) is 22.9. The number of hydrogen-bond acceptors (Lipinski definition) is 10. The first kappa shape index (κ1) is 32.1. The second-order valence-electron chi connectivity index (χ2n) is 11.3. The molecule has 0 atom stereocenters. The van der Waals surface area contributed by atoms with Gasteiger partial charge in [0.15, 0.2) is 0 Å². The van der Waals surface area contributed by atoms with Crippen LogP contribution in [0.3, 0.4) is 0 Å². The summed E-state index contributed by atoms with van der Waals surface area (Å²) in [4.78, 5) is 24.0. The van der Waals surface area contributed by atoms with Crippen molar-refractivity contribution in [3.05, 3.63) is 128 Å². The topological polar surface area (TPSA) is 154 Å². The highest BCUT2D eigenvalue weighted by Gasteiger charge is 2.13. The van der Waals surface area contributed by atoms with E-state index in [-0.39, 0.29) is 33.2 Å². The highest BCUT2D eigenvalue weighted by atomic mass is 16.7. The molecule has 4 aromatic carbocycles. The molecule has 0 aliphatic carbocycles. The number of benzene rings is 4. The smallest absolute Gasteiger partial charge is 0.274 e. The third-order valence-corrected chi connectivity index (χ3v) is 7.49. The predicted octanol–water partition coefficient (Wildman–Crippen LogP) is 4.83. The van der Waals surface area contributed by atoms with Crippen LogP contribution in [0.4, 0.5) is 0 Å². The summed E-state index contributed by atoms with van der Waals surface area (Å²) in [5.41, 5.74) is 10.7. The van der Waals surface area contributed by atoms with Gasteiger partial charge < -0.3 is 28.4 Å². The molecular formula is C35H34N2O10. The fourth-order valence-electron chi connectivity index (χ4n) is 5.52. The van der Waals surface area contributed by atoms with Gasteiger partial charge in [-0.05, 0) is 93.0 Å². The zero-order chi connectivity index (χ0) is 32.6. The van der Waals surface area contributed by atoms with Crippen LogP contribution >= 0.6 is 0 Å². The number of hydroxylamine groups is 2. The van der Waals surface area contributed by atoms with Gasteiger partial charge in [-0.25, -0.2) is 11.0 Å². The van der Waals surface area contributed by atoms with Crippen molar-refractivity contribution in [3.63, 3.8) is 0 Å². The predicted molar refractivity (Wildman–Crippen MR) is 164 cm³/mol. The molecule has 2 aliphatic heterocycles. The van der Waals surface area contributed by atoms with Crippen molar-refractivity contribution >= 4 is 11.8 Å². The molecule has 8 bridgehead atoms. The fourth-order valence-corrected chi connectivity index (χ4v) is 5.52. The first-order valence-corrected chi connectivity index (χ1v) is 14.9. The maximum atomic E-state index is 12.0. The van der Waals surface area contributed by atoms with Crippen molar-refractivity contribution in [1.29, 1.82) is 0 Å². The molecule has 6 rings (SSSR count). The quantitative estimate of drug-likeness (QED) is 0.131.